The molecule has 0 spiro atoms. The summed E-state index contributed by atoms with van der Waals surface area (Å²) in [5, 5.41) is 7.97. The summed E-state index contributed by atoms with van der Waals surface area (Å²) in [5.41, 5.74) is 6.36. The monoisotopic (exact) mass is 231 g/mol. The van der Waals surface area contributed by atoms with Gasteiger partial charge in [0.15, 0.2) is 5.82 Å². The Morgan fingerprint density at radius 3 is 3.12 bits per heavy atom. The summed E-state index contributed by atoms with van der Waals surface area (Å²) >= 11 is 0. The van der Waals surface area contributed by atoms with Crippen LogP contribution >= 0.6 is 0 Å². The van der Waals surface area contributed by atoms with Crippen LogP contribution in [0.25, 0.3) is 0 Å². The quantitative estimate of drug-likeness (QED) is 0.753. The van der Waals surface area contributed by atoms with E-state index < -0.39 is 0 Å². The summed E-state index contributed by atoms with van der Waals surface area (Å²) < 4.78 is 2.05. The summed E-state index contributed by atoms with van der Waals surface area (Å²) in [4.78, 5) is 10.7. The van der Waals surface area contributed by atoms with Crippen molar-refractivity contribution >= 4 is 5.82 Å². The standard InChI is InChI=1S/C10H13N7/c11-3-8-4-12-5-9(14-8)16-1-2-17-7-13-15-10(17)6-16/h4-5,7H,1-3,6,11H2. The molecule has 17 heavy (non-hydrogen) atoms. The van der Waals surface area contributed by atoms with E-state index in [1.807, 2.05) is 0 Å². The van der Waals surface area contributed by atoms with Crippen LogP contribution in [0.15, 0.2) is 18.7 Å². The lowest BCUT2D eigenvalue weighted by molar-refractivity contribution is 0.555. The fraction of sp³-hybridized carbons (Fsp3) is 0.400. The van der Waals surface area contributed by atoms with E-state index in [9.17, 15) is 0 Å². The average Bonchev–Trinajstić information content (AvgIpc) is 2.86. The molecular weight excluding hydrogens is 218 g/mol. The Morgan fingerprint density at radius 2 is 2.24 bits per heavy atom. The van der Waals surface area contributed by atoms with Gasteiger partial charge in [0.25, 0.3) is 0 Å². The van der Waals surface area contributed by atoms with E-state index in [0.29, 0.717) is 13.1 Å². The third-order valence-corrected chi connectivity index (χ3v) is 2.84. The topological polar surface area (TPSA) is 85.8 Å². The van der Waals surface area contributed by atoms with E-state index in [0.717, 1.165) is 30.4 Å². The van der Waals surface area contributed by atoms with Gasteiger partial charge >= 0.3 is 0 Å². The molecule has 0 fully saturated rings. The van der Waals surface area contributed by atoms with Gasteiger partial charge in [-0.1, -0.05) is 0 Å². The largest absolute Gasteiger partial charge is 0.346 e. The lowest BCUT2D eigenvalue weighted by Gasteiger charge is -2.27. The lowest BCUT2D eigenvalue weighted by atomic mass is 10.3. The highest BCUT2D eigenvalue weighted by atomic mass is 15.3. The third kappa shape index (κ3) is 1.84. The molecule has 7 heteroatoms. The maximum Gasteiger partial charge on any atom is 0.152 e. The van der Waals surface area contributed by atoms with Crippen LogP contribution in [0.1, 0.15) is 11.5 Å². The van der Waals surface area contributed by atoms with Gasteiger partial charge in [0.1, 0.15) is 12.1 Å². The van der Waals surface area contributed by atoms with Crippen LogP contribution in [0.5, 0.6) is 0 Å². The van der Waals surface area contributed by atoms with E-state index in [4.69, 9.17) is 5.73 Å². The predicted molar refractivity (Wildman–Crippen MR) is 61.0 cm³/mol. The summed E-state index contributed by atoms with van der Waals surface area (Å²) in [5.74, 6) is 1.80. The molecule has 3 heterocycles. The first-order valence-electron chi connectivity index (χ1n) is 5.49. The number of nitrogens with two attached hydrogens (primary N) is 1. The number of hydrogen-bond acceptors (Lipinski definition) is 6. The Hall–Kier alpha value is -2.02. The SMILES string of the molecule is NCc1cncc(N2CCn3cnnc3C2)n1. The molecule has 1 aliphatic heterocycles. The summed E-state index contributed by atoms with van der Waals surface area (Å²) in [6.45, 7) is 2.87. The Balaban J connectivity index is 1.86. The summed E-state index contributed by atoms with van der Waals surface area (Å²) in [6.07, 6.45) is 5.20. The second kappa shape index (κ2) is 4.10. The molecule has 0 aliphatic carbocycles. The Morgan fingerprint density at radius 1 is 1.29 bits per heavy atom. The molecule has 0 radical (unpaired) electrons. The molecular formula is C10H13N7. The van der Waals surface area contributed by atoms with Gasteiger partial charge in [0, 0.05) is 25.8 Å². The van der Waals surface area contributed by atoms with Crippen LogP contribution < -0.4 is 10.6 Å². The molecule has 88 valence electrons. The highest BCUT2D eigenvalue weighted by molar-refractivity contribution is 5.37. The molecule has 0 unspecified atom stereocenters. The highest BCUT2D eigenvalue weighted by Gasteiger charge is 2.18. The smallest absolute Gasteiger partial charge is 0.152 e. The molecule has 0 aromatic carbocycles. The minimum absolute atomic E-state index is 0.408. The van der Waals surface area contributed by atoms with Crippen molar-refractivity contribution in [3.8, 4) is 0 Å². The predicted octanol–water partition coefficient (Wildman–Crippen LogP) is -0.453. The molecule has 0 bridgehead atoms. The number of anilines is 1. The van der Waals surface area contributed by atoms with Crippen LogP contribution in [0.3, 0.4) is 0 Å². The number of rotatable bonds is 2. The van der Waals surface area contributed by atoms with Crippen molar-refractivity contribution in [3.63, 3.8) is 0 Å². The molecule has 0 atom stereocenters. The van der Waals surface area contributed by atoms with Crippen molar-refractivity contribution in [3.05, 3.63) is 30.2 Å². The van der Waals surface area contributed by atoms with Crippen LogP contribution in [0.4, 0.5) is 5.82 Å². The van der Waals surface area contributed by atoms with E-state index >= 15 is 0 Å². The Labute approximate surface area is 98.3 Å². The van der Waals surface area contributed by atoms with Gasteiger partial charge < -0.3 is 15.2 Å². The minimum atomic E-state index is 0.408. The number of nitrogens with zero attached hydrogens (tertiary/aromatic N) is 6. The van der Waals surface area contributed by atoms with Gasteiger partial charge in [-0.05, 0) is 0 Å². The first-order chi connectivity index (χ1) is 8.36. The Bertz CT molecular complexity index is 521. The van der Waals surface area contributed by atoms with Crippen LogP contribution in [0.2, 0.25) is 0 Å². The van der Waals surface area contributed by atoms with Crippen molar-refractivity contribution in [1.29, 1.82) is 0 Å². The maximum atomic E-state index is 5.56. The molecule has 7 nitrogen and oxygen atoms in total. The van der Waals surface area contributed by atoms with Gasteiger partial charge in [-0.2, -0.15) is 0 Å². The molecule has 2 aromatic heterocycles. The van der Waals surface area contributed by atoms with Crippen LogP contribution in [-0.2, 0) is 19.6 Å². The molecule has 1 aliphatic rings. The van der Waals surface area contributed by atoms with Crippen LogP contribution in [-0.4, -0.2) is 31.3 Å². The number of aromatic nitrogens is 5. The third-order valence-electron chi connectivity index (χ3n) is 2.84. The first-order valence-corrected chi connectivity index (χ1v) is 5.49. The van der Waals surface area contributed by atoms with E-state index in [-0.39, 0.29) is 0 Å². The zero-order valence-electron chi connectivity index (χ0n) is 9.32. The van der Waals surface area contributed by atoms with Gasteiger partial charge in [0.2, 0.25) is 0 Å². The lowest BCUT2D eigenvalue weighted by Crippen LogP contribution is -2.34. The van der Waals surface area contributed by atoms with Crippen molar-refractivity contribution in [2.45, 2.75) is 19.6 Å². The van der Waals surface area contributed by atoms with Crippen molar-refractivity contribution < 1.29 is 0 Å². The minimum Gasteiger partial charge on any atom is -0.346 e. The zero-order chi connectivity index (χ0) is 11.7. The van der Waals surface area contributed by atoms with Gasteiger partial charge in [0.05, 0.1) is 18.4 Å². The second-order valence-corrected chi connectivity index (χ2v) is 3.93. The van der Waals surface area contributed by atoms with Crippen LogP contribution in [0, 0.1) is 0 Å². The second-order valence-electron chi connectivity index (χ2n) is 3.93. The van der Waals surface area contributed by atoms with Gasteiger partial charge in [-0.25, -0.2) is 4.98 Å². The normalized spacial score (nSPS) is 14.8. The Kier molecular flexibility index (Phi) is 2.45. The van der Waals surface area contributed by atoms with Crippen molar-refractivity contribution in [2.75, 3.05) is 11.4 Å². The molecule has 0 amide bonds. The number of hydrogen-bond donors (Lipinski definition) is 1. The van der Waals surface area contributed by atoms with Crippen molar-refractivity contribution in [2.24, 2.45) is 5.73 Å². The number of fused-ring (bicyclic) bond motifs is 1. The van der Waals surface area contributed by atoms with E-state index in [1.54, 1.807) is 18.7 Å². The average molecular weight is 231 g/mol. The molecule has 2 aromatic rings. The van der Waals surface area contributed by atoms with E-state index in [2.05, 4.69) is 29.6 Å². The first kappa shape index (κ1) is 10.2. The maximum absolute atomic E-state index is 5.56. The fourth-order valence-electron chi connectivity index (χ4n) is 1.91. The molecule has 0 saturated heterocycles. The van der Waals surface area contributed by atoms with E-state index in [1.165, 1.54) is 0 Å². The van der Waals surface area contributed by atoms with Gasteiger partial charge in [-0.15, -0.1) is 10.2 Å². The van der Waals surface area contributed by atoms with Crippen molar-refractivity contribution in [1.82, 2.24) is 24.7 Å². The molecule has 0 saturated carbocycles. The fourth-order valence-corrected chi connectivity index (χ4v) is 1.91. The highest BCUT2D eigenvalue weighted by Crippen LogP contribution is 2.16. The molecule has 2 N–H and O–H groups in total. The summed E-state index contributed by atoms with van der Waals surface area (Å²) in [6, 6.07) is 0. The summed E-state index contributed by atoms with van der Waals surface area (Å²) in [7, 11) is 0. The zero-order valence-corrected chi connectivity index (χ0v) is 9.32. The van der Waals surface area contributed by atoms with Gasteiger partial charge in [-0.3, -0.25) is 4.98 Å². The molecule has 3 rings (SSSR count).